The van der Waals surface area contributed by atoms with E-state index in [0.717, 1.165) is 30.7 Å². The number of piperazine rings is 1. The summed E-state index contributed by atoms with van der Waals surface area (Å²) in [6.07, 6.45) is 3.22. The van der Waals surface area contributed by atoms with Crippen molar-refractivity contribution in [3.63, 3.8) is 0 Å². The van der Waals surface area contributed by atoms with E-state index in [1.54, 1.807) is 34.1 Å². The standard InChI is InChI=1S/C31H41N5O6/c1-4-25-27-26(17-31(20-32-28(27)38)9-15-41-16-10-31)36(33-25)18-21(2)19-42-30(40)24-7-5-23(6-8-24)29(39)35-13-11-34(12-14-35)22(3)37/h5-8,21H,4,9-20H2,1-3H3,(H,32,38)/t21-/m1/s1. The van der Waals surface area contributed by atoms with Gasteiger partial charge in [-0.2, -0.15) is 5.10 Å². The van der Waals surface area contributed by atoms with Gasteiger partial charge < -0.3 is 24.6 Å². The number of carbonyl (C=O) groups excluding carboxylic acids is 4. The first-order valence-corrected chi connectivity index (χ1v) is 15.0. The lowest BCUT2D eigenvalue weighted by Crippen LogP contribution is -2.50. The van der Waals surface area contributed by atoms with Gasteiger partial charge in [0.1, 0.15) is 0 Å². The zero-order chi connectivity index (χ0) is 29.9. The molecule has 0 radical (unpaired) electrons. The van der Waals surface area contributed by atoms with Crippen molar-refractivity contribution in [2.24, 2.45) is 11.3 Å². The van der Waals surface area contributed by atoms with Crippen molar-refractivity contribution in [1.82, 2.24) is 24.9 Å². The Morgan fingerprint density at radius 1 is 1.05 bits per heavy atom. The van der Waals surface area contributed by atoms with Crippen molar-refractivity contribution in [3.05, 3.63) is 52.3 Å². The number of hydrogen-bond acceptors (Lipinski definition) is 7. The Morgan fingerprint density at radius 3 is 2.33 bits per heavy atom. The van der Waals surface area contributed by atoms with E-state index in [9.17, 15) is 19.2 Å². The number of nitrogens with one attached hydrogen (secondary N) is 1. The average molecular weight is 580 g/mol. The second-order valence-corrected chi connectivity index (χ2v) is 11.9. The summed E-state index contributed by atoms with van der Waals surface area (Å²) in [7, 11) is 0. The smallest absolute Gasteiger partial charge is 0.338 e. The minimum absolute atomic E-state index is 0.0141. The van der Waals surface area contributed by atoms with E-state index in [2.05, 4.69) is 5.32 Å². The normalized spacial score (nSPS) is 19.1. The minimum Gasteiger partial charge on any atom is -0.462 e. The minimum atomic E-state index is -0.454. The highest BCUT2D eigenvalue weighted by Crippen LogP contribution is 2.37. The summed E-state index contributed by atoms with van der Waals surface area (Å²) in [5.41, 5.74) is 3.29. The predicted molar refractivity (Wildman–Crippen MR) is 154 cm³/mol. The number of amides is 3. The highest BCUT2D eigenvalue weighted by molar-refractivity contribution is 5.97. The number of fused-ring (bicyclic) bond motifs is 1. The van der Waals surface area contributed by atoms with Crippen LogP contribution in [0.25, 0.3) is 0 Å². The lowest BCUT2D eigenvalue weighted by molar-refractivity contribution is -0.130. The van der Waals surface area contributed by atoms with Crippen molar-refractivity contribution in [1.29, 1.82) is 0 Å². The fraction of sp³-hybridized carbons (Fsp3) is 0.581. The third kappa shape index (κ3) is 6.35. The molecule has 2 fully saturated rings. The second-order valence-electron chi connectivity index (χ2n) is 11.9. The molecule has 0 saturated carbocycles. The molecule has 1 aromatic carbocycles. The highest BCUT2D eigenvalue weighted by atomic mass is 16.5. The first-order chi connectivity index (χ1) is 20.2. The number of benzene rings is 1. The van der Waals surface area contributed by atoms with Gasteiger partial charge in [-0.15, -0.1) is 0 Å². The molecule has 42 heavy (non-hydrogen) atoms. The van der Waals surface area contributed by atoms with Crippen LogP contribution in [-0.2, 0) is 33.7 Å². The van der Waals surface area contributed by atoms with Crippen LogP contribution in [0.1, 0.15) is 76.1 Å². The lowest BCUT2D eigenvalue weighted by Gasteiger charge is -2.36. The number of rotatable bonds is 7. The molecule has 4 heterocycles. The number of ether oxygens (including phenoxy) is 2. The largest absolute Gasteiger partial charge is 0.462 e. The van der Waals surface area contributed by atoms with Gasteiger partial charge in [0.15, 0.2) is 0 Å². The van der Waals surface area contributed by atoms with E-state index in [0.29, 0.717) is 75.6 Å². The number of hydrogen-bond donors (Lipinski definition) is 1. The zero-order valence-corrected chi connectivity index (χ0v) is 24.8. The van der Waals surface area contributed by atoms with Crippen LogP contribution >= 0.6 is 0 Å². The second kappa shape index (κ2) is 12.6. The van der Waals surface area contributed by atoms with Crippen molar-refractivity contribution in [2.75, 3.05) is 52.5 Å². The van der Waals surface area contributed by atoms with Crippen LogP contribution in [0.5, 0.6) is 0 Å². The number of aryl methyl sites for hydroxylation is 1. The summed E-state index contributed by atoms with van der Waals surface area (Å²) in [6.45, 7) is 10.3. The summed E-state index contributed by atoms with van der Waals surface area (Å²) in [6, 6.07) is 6.50. The number of aromatic nitrogens is 2. The fourth-order valence-electron chi connectivity index (χ4n) is 6.13. The molecular formula is C31H41N5O6. The van der Waals surface area contributed by atoms with Gasteiger partial charge >= 0.3 is 5.97 Å². The number of carbonyl (C=O) groups is 4. The molecule has 226 valence electrons. The monoisotopic (exact) mass is 579 g/mol. The van der Waals surface area contributed by atoms with E-state index in [-0.39, 0.29) is 35.7 Å². The van der Waals surface area contributed by atoms with Gasteiger partial charge in [0.25, 0.3) is 11.8 Å². The molecule has 1 spiro atoms. The molecule has 0 bridgehead atoms. The first kappa shape index (κ1) is 29.8. The van der Waals surface area contributed by atoms with Crippen LogP contribution in [-0.4, -0.2) is 95.8 Å². The van der Waals surface area contributed by atoms with Gasteiger partial charge in [-0.3, -0.25) is 19.1 Å². The Bertz CT molecular complexity index is 1320. The molecule has 1 aromatic heterocycles. The number of nitrogens with zero attached hydrogens (tertiary/aromatic N) is 4. The Labute approximate surface area is 246 Å². The predicted octanol–water partition coefficient (Wildman–Crippen LogP) is 2.33. The molecular weight excluding hydrogens is 538 g/mol. The summed E-state index contributed by atoms with van der Waals surface area (Å²) in [5.74, 6) is -0.650. The third-order valence-electron chi connectivity index (χ3n) is 8.78. The maximum absolute atomic E-state index is 13.1. The van der Waals surface area contributed by atoms with E-state index in [1.807, 2.05) is 18.5 Å². The van der Waals surface area contributed by atoms with Gasteiger partial charge in [0.05, 0.1) is 29.1 Å². The van der Waals surface area contributed by atoms with Gasteiger partial charge in [-0.25, -0.2) is 4.79 Å². The summed E-state index contributed by atoms with van der Waals surface area (Å²) >= 11 is 0. The summed E-state index contributed by atoms with van der Waals surface area (Å²) in [4.78, 5) is 53.8. The van der Waals surface area contributed by atoms with Crippen LogP contribution in [0, 0.1) is 11.3 Å². The highest BCUT2D eigenvalue weighted by Gasteiger charge is 2.39. The lowest BCUT2D eigenvalue weighted by atomic mass is 9.76. The van der Waals surface area contributed by atoms with Gasteiger partial charge in [-0.1, -0.05) is 13.8 Å². The topological polar surface area (TPSA) is 123 Å². The Kier molecular flexibility index (Phi) is 8.96. The molecule has 0 unspecified atom stereocenters. The van der Waals surface area contributed by atoms with E-state index >= 15 is 0 Å². The van der Waals surface area contributed by atoms with Gasteiger partial charge in [0, 0.05) is 70.9 Å². The molecule has 0 aliphatic carbocycles. The van der Waals surface area contributed by atoms with E-state index in [4.69, 9.17) is 14.6 Å². The van der Waals surface area contributed by atoms with Crippen molar-refractivity contribution < 1.29 is 28.7 Å². The first-order valence-electron chi connectivity index (χ1n) is 15.0. The molecule has 1 atom stereocenters. The fourth-order valence-corrected chi connectivity index (χ4v) is 6.13. The number of esters is 1. The van der Waals surface area contributed by atoms with Crippen molar-refractivity contribution in [2.45, 2.75) is 53.0 Å². The summed E-state index contributed by atoms with van der Waals surface area (Å²) in [5, 5.41) is 7.95. The maximum Gasteiger partial charge on any atom is 0.338 e. The molecule has 11 heteroatoms. The van der Waals surface area contributed by atoms with Crippen LogP contribution < -0.4 is 5.32 Å². The zero-order valence-electron chi connectivity index (χ0n) is 24.8. The molecule has 5 rings (SSSR count). The third-order valence-corrected chi connectivity index (χ3v) is 8.78. The van der Waals surface area contributed by atoms with Crippen molar-refractivity contribution >= 4 is 23.7 Å². The van der Waals surface area contributed by atoms with Crippen molar-refractivity contribution in [3.8, 4) is 0 Å². The van der Waals surface area contributed by atoms with Gasteiger partial charge in [0.2, 0.25) is 5.91 Å². The molecule has 2 saturated heterocycles. The quantitative estimate of drug-likeness (QED) is 0.500. The average Bonchev–Trinajstić information content (AvgIpc) is 3.27. The van der Waals surface area contributed by atoms with Crippen LogP contribution in [0.15, 0.2) is 24.3 Å². The Morgan fingerprint density at radius 2 is 1.69 bits per heavy atom. The molecule has 3 aliphatic rings. The van der Waals surface area contributed by atoms with E-state index in [1.165, 1.54) is 6.92 Å². The van der Waals surface area contributed by atoms with Crippen LogP contribution in [0.2, 0.25) is 0 Å². The SMILES string of the molecule is CCc1nn(C[C@@H](C)COC(=O)c2ccc(C(=O)N3CCN(C(C)=O)CC3)cc2)c2c1C(=O)NCC1(CCOCC1)C2. The molecule has 2 aromatic rings. The molecule has 3 aliphatic heterocycles. The van der Waals surface area contributed by atoms with Gasteiger partial charge in [-0.05, 0) is 55.4 Å². The van der Waals surface area contributed by atoms with E-state index < -0.39 is 5.97 Å². The molecule has 11 nitrogen and oxygen atoms in total. The van der Waals surface area contributed by atoms with Crippen LogP contribution in [0.3, 0.4) is 0 Å². The molecule has 3 amide bonds. The van der Waals surface area contributed by atoms with Crippen LogP contribution in [0.4, 0.5) is 0 Å². The Hall–Kier alpha value is -3.73. The Balaban J connectivity index is 1.19. The summed E-state index contributed by atoms with van der Waals surface area (Å²) < 4.78 is 13.2. The molecule has 1 N–H and O–H groups in total. The maximum atomic E-state index is 13.1.